The molecule has 1 saturated heterocycles. The first-order valence-electron chi connectivity index (χ1n) is 10.1. The monoisotopic (exact) mass is 368 g/mol. The maximum atomic E-state index is 12.9. The minimum Gasteiger partial charge on any atom is -0.408 e. The highest BCUT2D eigenvalue weighted by Crippen LogP contribution is 2.44. The van der Waals surface area contributed by atoms with Crippen LogP contribution in [-0.4, -0.2) is 47.2 Å². The molecule has 1 amide bonds. The summed E-state index contributed by atoms with van der Waals surface area (Å²) < 4.78 is 5.64. The SMILES string of the molecule is CCc1nnc(N2CCN(C(=O)CC(c3ccc(C)cc3)C3CC3)CC2)o1. The minimum absolute atomic E-state index is 0.270. The largest absolute Gasteiger partial charge is 0.408 e. The lowest BCUT2D eigenvalue weighted by Gasteiger charge is -2.34. The summed E-state index contributed by atoms with van der Waals surface area (Å²) in [6, 6.07) is 9.29. The second kappa shape index (κ2) is 7.71. The molecule has 0 radical (unpaired) electrons. The van der Waals surface area contributed by atoms with Crippen LogP contribution in [0.3, 0.4) is 0 Å². The van der Waals surface area contributed by atoms with Gasteiger partial charge in [0.25, 0.3) is 0 Å². The Kier molecular flexibility index (Phi) is 5.14. The second-order valence-corrected chi connectivity index (χ2v) is 7.76. The molecule has 2 fully saturated rings. The van der Waals surface area contributed by atoms with Crippen molar-refractivity contribution in [3.8, 4) is 0 Å². The Morgan fingerprint density at radius 2 is 1.85 bits per heavy atom. The van der Waals surface area contributed by atoms with Gasteiger partial charge in [0, 0.05) is 39.0 Å². The van der Waals surface area contributed by atoms with Gasteiger partial charge in [-0.25, -0.2) is 0 Å². The average Bonchev–Trinajstić information content (AvgIpc) is 3.43. The van der Waals surface area contributed by atoms with Crippen molar-refractivity contribution in [2.45, 2.75) is 45.4 Å². The molecular weight excluding hydrogens is 340 g/mol. The molecule has 1 saturated carbocycles. The van der Waals surface area contributed by atoms with Crippen molar-refractivity contribution in [1.29, 1.82) is 0 Å². The highest BCUT2D eigenvalue weighted by Gasteiger charge is 2.35. The van der Waals surface area contributed by atoms with Crippen LogP contribution in [0.15, 0.2) is 28.7 Å². The van der Waals surface area contributed by atoms with Gasteiger partial charge in [-0.15, -0.1) is 5.10 Å². The lowest BCUT2D eigenvalue weighted by molar-refractivity contribution is -0.132. The zero-order valence-electron chi connectivity index (χ0n) is 16.2. The predicted octanol–water partition coefficient (Wildman–Crippen LogP) is 3.17. The molecule has 6 nitrogen and oxygen atoms in total. The van der Waals surface area contributed by atoms with Gasteiger partial charge in [-0.1, -0.05) is 41.9 Å². The van der Waals surface area contributed by atoms with Crippen molar-refractivity contribution >= 4 is 11.9 Å². The fourth-order valence-electron chi connectivity index (χ4n) is 3.85. The summed E-state index contributed by atoms with van der Waals surface area (Å²) >= 11 is 0. The van der Waals surface area contributed by atoms with E-state index < -0.39 is 0 Å². The molecule has 2 heterocycles. The van der Waals surface area contributed by atoms with Gasteiger partial charge in [-0.05, 0) is 37.2 Å². The number of rotatable bonds is 6. The van der Waals surface area contributed by atoms with Crippen molar-refractivity contribution in [2.75, 3.05) is 31.1 Å². The summed E-state index contributed by atoms with van der Waals surface area (Å²) in [6.45, 7) is 7.03. The summed E-state index contributed by atoms with van der Waals surface area (Å²) in [5.41, 5.74) is 2.58. The Hall–Kier alpha value is -2.37. The van der Waals surface area contributed by atoms with E-state index in [0.717, 1.165) is 19.5 Å². The van der Waals surface area contributed by atoms with Gasteiger partial charge in [0.2, 0.25) is 11.8 Å². The van der Waals surface area contributed by atoms with Gasteiger partial charge >= 0.3 is 6.01 Å². The van der Waals surface area contributed by atoms with Crippen LogP contribution >= 0.6 is 0 Å². The molecule has 6 heteroatoms. The molecule has 1 aromatic carbocycles. The Morgan fingerprint density at radius 3 is 2.44 bits per heavy atom. The van der Waals surface area contributed by atoms with Crippen molar-refractivity contribution < 1.29 is 9.21 Å². The van der Waals surface area contributed by atoms with Crippen LogP contribution in [0.1, 0.15) is 49.1 Å². The number of nitrogens with zero attached hydrogens (tertiary/aromatic N) is 4. The molecule has 1 aliphatic carbocycles. The molecule has 1 aliphatic heterocycles. The summed E-state index contributed by atoms with van der Waals surface area (Å²) in [4.78, 5) is 17.0. The predicted molar refractivity (Wildman–Crippen MR) is 104 cm³/mol. The summed E-state index contributed by atoms with van der Waals surface area (Å²) in [6.07, 6.45) is 3.86. The van der Waals surface area contributed by atoms with Crippen LogP contribution in [0.5, 0.6) is 0 Å². The Morgan fingerprint density at radius 1 is 1.15 bits per heavy atom. The van der Waals surface area contributed by atoms with Crippen molar-refractivity contribution in [2.24, 2.45) is 5.92 Å². The maximum absolute atomic E-state index is 12.9. The number of aryl methyl sites for hydroxylation is 2. The minimum atomic E-state index is 0.270. The number of carbonyl (C=O) groups excluding carboxylic acids is 1. The molecule has 0 bridgehead atoms. The van der Waals surface area contributed by atoms with Gasteiger partial charge in [-0.3, -0.25) is 4.79 Å². The lowest BCUT2D eigenvalue weighted by atomic mass is 9.90. The van der Waals surface area contributed by atoms with Crippen LogP contribution < -0.4 is 4.90 Å². The van der Waals surface area contributed by atoms with Gasteiger partial charge in [0.1, 0.15) is 0 Å². The smallest absolute Gasteiger partial charge is 0.318 e. The maximum Gasteiger partial charge on any atom is 0.318 e. The summed E-state index contributed by atoms with van der Waals surface area (Å²) in [5.74, 6) is 1.96. The molecular formula is C21H28N4O2. The molecule has 144 valence electrons. The third-order valence-electron chi connectivity index (χ3n) is 5.75. The van der Waals surface area contributed by atoms with E-state index in [1.807, 2.05) is 11.8 Å². The number of hydrogen-bond acceptors (Lipinski definition) is 5. The van der Waals surface area contributed by atoms with Crippen LogP contribution in [-0.2, 0) is 11.2 Å². The van der Waals surface area contributed by atoms with E-state index in [1.54, 1.807) is 0 Å². The standard InChI is InChI=1S/C21H28N4O2/c1-3-19-22-23-21(27-19)25-12-10-24(11-13-25)20(26)14-18(17-8-9-17)16-6-4-15(2)5-7-16/h4-7,17-18H,3,8-14H2,1-2H3. The second-order valence-electron chi connectivity index (χ2n) is 7.76. The van der Waals surface area contributed by atoms with Crippen molar-refractivity contribution in [3.63, 3.8) is 0 Å². The summed E-state index contributed by atoms with van der Waals surface area (Å²) in [5, 5.41) is 8.14. The number of carbonyl (C=O) groups is 1. The first-order chi connectivity index (χ1) is 13.1. The first kappa shape index (κ1) is 18.0. The molecule has 2 aromatic rings. The molecule has 1 atom stereocenters. The molecule has 27 heavy (non-hydrogen) atoms. The van der Waals surface area contributed by atoms with E-state index in [-0.39, 0.29) is 5.91 Å². The number of piperazine rings is 1. The number of benzene rings is 1. The van der Waals surface area contributed by atoms with E-state index >= 15 is 0 Å². The van der Waals surface area contributed by atoms with E-state index in [4.69, 9.17) is 4.42 Å². The van der Waals surface area contributed by atoms with Crippen LogP contribution in [0, 0.1) is 12.8 Å². The number of hydrogen-bond donors (Lipinski definition) is 0. The van der Waals surface area contributed by atoms with Crippen molar-refractivity contribution in [1.82, 2.24) is 15.1 Å². The van der Waals surface area contributed by atoms with E-state index in [0.29, 0.717) is 43.3 Å². The Balaban J connectivity index is 1.35. The molecule has 1 aromatic heterocycles. The third kappa shape index (κ3) is 4.15. The lowest BCUT2D eigenvalue weighted by Crippen LogP contribution is -2.49. The van der Waals surface area contributed by atoms with Gasteiger partial charge in [-0.2, -0.15) is 0 Å². The molecule has 4 rings (SSSR count). The first-order valence-corrected chi connectivity index (χ1v) is 10.1. The number of aromatic nitrogens is 2. The highest BCUT2D eigenvalue weighted by molar-refractivity contribution is 5.77. The fraction of sp³-hybridized carbons (Fsp3) is 0.571. The molecule has 2 aliphatic rings. The van der Waals surface area contributed by atoms with Crippen molar-refractivity contribution in [3.05, 3.63) is 41.3 Å². The van der Waals surface area contributed by atoms with Gasteiger partial charge in [0.05, 0.1) is 0 Å². The Bertz CT molecular complexity index is 774. The molecule has 0 N–H and O–H groups in total. The summed E-state index contributed by atoms with van der Waals surface area (Å²) in [7, 11) is 0. The fourth-order valence-corrected chi connectivity index (χ4v) is 3.85. The highest BCUT2D eigenvalue weighted by atomic mass is 16.4. The normalized spacial score (nSPS) is 18.6. The van der Waals surface area contributed by atoms with E-state index in [9.17, 15) is 4.79 Å². The number of anilines is 1. The average molecular weight is 368 g/mol. The zero-order valence-corrected chi connectivity index (χ0v) is 16.2. The quantitative estimate of drug-likeness (QED) is 0.784. The molecule has 1 unspecified atom stereocenters. The van der Waals surface area contributed by atoms with Gasteiger partial charge < -0.3 is 14.2 Å². The van der Waals surface area contributed by atoms with Crippen LogP contribution in [0.25, 0.3) is 0 Å². The topological polar surface area (TPSA) is 62.5 Å². The van der Waals surface area contributed by atoms with Crippen LogP contribution in [0.2, 0.25) is 0 Å². The van der Waals surface area contributed by atoms with Gasteiger partial charge in [0.15, 0.2) is 0 Å². The molecule has 0 spiro atoms. The zero-order chi connectivity index (χ0) is 18.8. The third-order valence-corrected chi connectivity index (χ3v) is 5.75. The van der Waals surface area contributed by atoms with Crippen LogP contribution in [0.4, 0.5) is 6.01 Å². The number of amides is 1. The Labute approximate surface area is 160 Å². The van der Waals surface area contributed by atoms with E-state index in [1.165, 1.54) is 24.0 Å². The van der Waals surface area contributed by atoms with E-state index in [2.05, 4.69) is 46.3 Å².